The quantitative estimate of drug-likeness (QED) is 0.819. The Bertz CT molecular complexity index is 308. The van der Waals surface area contributed by atoms with Crippen LogP contribution in [0, 0.1) is 0 Å². The van der Waals surface area contributed by atoms with Gasteiger partial charge < -0.3 is 5.32 Å². The van der Waals surface area contributed by atoms with Crippen LogP contribution in [0.2, 0.25) is 5.02 Å². The highest BCUT2D eigenvalue weighted by Gasteiger charge is 2.09. The van der Waals surface area contributed by atoms with Gasteiger partial charge >= 0.3 is 0 Å². The zero-order valence-electron chi connectivity index (χ0n) is 8.38. The van der Waals surface area contributed by atoms with E-state index in [-0.39, 0.29) is 11.9 Å². The average Bonchev–Trinajstić information content (AvgIpc) is 2.15. The van der Waals surface area contributed by atoms with Crippen molar-refractivity contribution in [2.24, 2.45) is 0 Å². The number of halogens is 1. The van der Waals surface area contributed by atoms with Gasteiger partial charge in [-0.05, 0) is 24.1 Å². The van der Waals surface area contributed by atoms with E-state index in [1.807, 2.05) is 31.2 Å². The van der Waals surface area contributed by atoms with Gasteiger partial charge in [0.15, 0.2) is 0 Å². The number of amides is 1. The second kappa shape index (κ2) is 5.01. The summed E-state index contributed by atoms with van der Waals surface area (Å²) in [4.78, 5) is 10.9. The van der Waals surface area contributed by atoms with Crippen LogP contribution in [-0.4, -0.2) is 5.91 Å². The molecule has 76 valence electrons. The molecule has 0 aliphatic rings. The summed E-state index contributed by atoms with van der Waals surface area (Å²) in [6, 6.07) is 7.63. The number of hydrogen-bond acceptors (Lipinski definition) is 1. The fraction of sp³-hybridized carbons (Fsp3) is 0.364. The maximum atomic E-state index is 10.9. The van der Waals surface area contributed by atoms with Crippen molar-refractivity contribution in [3.8, 4) is 0 Å². The van der Waals surface area contributed by atoms with E-state index >= 15 is 0 Å². The molecule has 0 saturated carbocycles. The maximum absolute atomic E-state index is 10.9. The van der Waals surface area contributed by atoms with Crippen LogP contribution < -0.4 is 5.32 Å². The molecule has 1 amide bonds. The molecular formula is C11H14ClNO. The third kappa shape index (κ3) is 3.04. The second-order valence-electron chi connectivity index (χ2n) is 3.21. The predicted octanol–water partition coefficient (Wildman–Crippen LogP) is 2.93. The monoisotopic (exact) mass is 211 g/mol. The average molecular weight is 212 g/mol. The highest BCUT2D eigenvalue weighted by atomic mass is 35.5. The number of carbonyl (C=O) groups is 1. The second-order valence-corrected chi connectivity index (χ2v) is 3.65. The highest BCUT2D eigenvalue weighted by Crippen LogP contribution is 2.18. The number of hydrogen-bond donors (Lipinski definition) is 1. The summed E-state index contributed by atoms with van der Waals surface area (Å²) in [6.07, 6.45) is 0.876. The van der Waals surface area contributed by atoms with Crippen LogP contribution >= 0.6 is 11.6 Å². The Morgan fingerprint density at radius 2 is 2.00 bits per heavy atom. The maximum Gasteiger partial charge on any atom is 0.217 e. The Kier molecular flexibility index (Phi) is 3.96. The van der Waals surface area contributed by atoms with Crippen LogP contribution in [0.15, 0.2) is 24.3 Å². The van der Waals surface area contributed by atoms with Gasteiger partial charge in [0.25, 0.3) is 0 Å². The lowest BCUT2D eigenvalue weighted by Crippen LogP contribution is -2.25. The molecule has 2 nitrogen and oxygen atoms in total. The summed E-state index contributed by atoms with van der Waals surface area (Å²) < 4.78 is 0. The molecule has 1 N–H and O–H groups in total. The number of benzene rings is 1. The SMILES string of the molecule is CCC(NC(C)=O)c1ccc(Cl)cc1. The fourth-order valence-corrected chi connectivity index (χ4v) is 1.49. The van der Waals surface area contributed by atoms with Crippen molar-refractivity contribution in [2.75, 3.05) is 0 Å². The minimum Gasteiger partial charge on any atom is -0.350 e. The van der Waals surface area contributed by atoms with Gasteiger partial charge in [-0.3, -0.25) is 4.79 Å². The van der Waals surface area contributed by atoms with Crippen molar-refractivity contribution in [3.63, 3.8) is 0 Å². The van der Waals surface area contributed by atoms with Gasteiger partial charge in [0, 0.05) is 11.9 Å². The Balaban J connectivity index is 2.78. The summed E-state index contributed by atoms with van der Waals surface area (Å²) in [6.45, 7) is 3.56. The summed E-state index contributed by atoms with van der Waals surface area (Å²) in [5.41, 5.74) is 1.09. The number of rotatable bonds is 3. The first-order chi connectivity index (χ1) is 6.63. The summed E-state index contributed by atoms with van der Waals surface area (Å²) in [5, 5.41) is 3.60. The molecule has 0 saturated heterocycles. The van der Waals surface area contributed by atoms with E-state index in [1.54, 1.807) is 0 Å². The van der Waals surface area contributed by atoms with Crippen LogP contribution in [0.4, 0.5) is 0 Å². The molecule has 0 heterocycles. The first-order valence-corrected chi connectivity index (χ1v) is 5.04. The minimum atomic E-state index is -0.00759. The molecule has 0 aliphatic carbocycles. The van der Waals surface area contributed by atoms with Crippen molar-refractivity contribution in [1.82, 2.24) is 5.32 Å². The van der Waals surface area contributed by atoms with Gasteiger partial charge in [0.2, 0.25) is 5.91 Å². The lowest BCUT2D eigenvalue weighted by molar-refractivity contribution is -0.119. The molecule has 1 aromatic rings. The predicted molar refractivity (Wildman–Crippen MR) is 58.3 cm³/mol. The third-order valence-electron chi connectivity index (χ3n) is 2.06. The molecular weight excluding hydrogens is 198 g/mol. The Morgan fingerprint density at radius 3 is 2.43 bits per heavy atom. The van der Waals surface area contributed by atoms with Gasteiger partial charge in [-0.25, -0.2) is 0 Å². The van der Waals surface area contributed by atoms with Gasteiger partial charge in [-0.1, -0.05) is 30.7 Å². The van der Waals surface area contributed by atoms with Crippen LogP contribution in [0.1, 0.15) is 31.9 Å². The molecule has 0 radical (unpaired) electrons. The standard InChI is InChI=1S/C11H14ClNO/c1-3-11(13-8(2)14)9-4-6-10(12)7-5-9/h4-7,11H,3H2,1-2H3,(H,13,14). The van der Waals surface area contributed by atoms with E-state index in [9.17, 15) is 4.79 Å². The summed E-state index contributed by atoms with van der Waals surface area (Å²) in [7, 11) is 0. The topological polar surface area (TPSA) is 29.1 Å². The van der Waals surface area contributed by atoms with Gasteiger partial charge in [-0.2, -0.15) is 0 Å². The van der Waals surface area contributed by atoms with E-state index in [0.29, 0.717) is 5.02 Å². The molecule has 3 heteroatoms. The van der Waals surface area contributed by atoms with Crippen molar-refractivity contribution < 1.29 is 4.79 Å². The lowest BCUT2D eigenvalue weighted by atomic mass is 10.0. The molecule has 1 atom stereocenters. The first kappa shape index (κ1) is 11.1. The van der Waals surface area contributed by atoms with Crippen molar-refractivity contribution in [3.05, 3.63) is 34.9 Å². The van der Waals surface area contributed by atoms with Crippen LogP contribution in [-0.2, 0) is 4.79 Å². The van der Waals surface area contributed by atoms with Crippen molar-refractivity contribution in [2.45, 2.75) is 26.3 Å². The molecule has 0 fully saturated rings. The molecule has 1 unspecified atom stereocenters. The molecule has 0 bridgehead atoms. The summed E-state index contributed by atoms with van der Waals surface area (Å²) in [5.74, 6) is -0.00759. The minimum absolute atomic E-state index is 0.00759. The smallest absolute Gasteiger partial charge is 0.217 e. The van der Waals surface area contributed by atoms with E-state index in [4.69, 9.17) is 11.6 Å². The Morgan fingerprint density at radius 1 is 1.43 bits per heavy atom. The Labute approximate surface area is 89.3 Å². The molecule has 1 rings (SSSR count). The number of carbonyl (C=O) groups excluding carboxylic acids is 1. The fourth-order valence-electron chi connectivity index (χ4n) is 1.36. The van der Waals surface area contributed by atoms with E-state index in [2.05, 4.69) is 5.32 Å². The normalized spacial score (nSPS) is 12.2. The van der Waals surface area contributed by atoms with E-state index < -0.39 is 0 Å². The molecule has 0 aliphatic heterocycles. The van der Waals surface area contributed by atoms with E-state index in [0.717, 1.165) is 12.0 Å². The van der Waals surface area contributed by atoms with Gasteiger partial charge in [-0.15, -0.1) is 0 Å². The van der Waals surface area contributed by atoms with E-state index in [1.165, 1.54) is 6.92 Å². The summed E-state index contributed by atoms with van der Waals surface area (Å²) >= 11 is 5.78. The zero-order valence-corrected chi connectivity index (χ0v) is 9.14. The third-order valence-corrected chi connectivity index (χ3v) is 2.31. The van der Waals surface area contributed by atoms with Crippen LogP contribution in [0.25, 0.3) is 0 Å². The lowest BCUT2D eigenvalue weighted by Gasteiger charge is -2.16. The van der Waals surface area contributed by atoms with Gasteiger partial charge in [0.05, 0.1) is 6.04 Å². The van der Waals surface area contributed by atoms with Crippen LogP contribution in [0.5, 0.6) is 0 Å². The largest absolute Gasteiger partial charge is 0.350 e. The first-order valence-electron chi connectivity index (χ1n) is 4.66. The Hall–Kier alpha value is -1.02. The molecule has 14 heavy (non-hydrogen) atoms. The molecule has 1 aromatic carbocycles. The highest BCUT2D eigenvalue weighted by molar-refractivity contribution is 6.30. The van der Waals surface area contributed by atoms with Gasteiger partial charge in [0.1, 0.15) is 0 Å². The molecule has 0 aromatic heterocycles. The van der Waals surface area contributed by atoms with Crippen molar-refractivity contribution in [1.29, 1.82) is 0 Å². The van der Waals surface area contributed by atoms with Crippen molar-refractivity contribution >= 4 is 17.5 Å². The number of nitrogens with one attached hydrogen (secondary N) is 1. The van der Waals surface area contributed by atoms with Crippen LogP contribution in [0.3, 0.4) is 0 Å². The molecule has 0 spiro atoms. The zero-order chi connectivity index (χ0) is 10.6.